The van der Waals surface area contributed by atoms with E-state index >= 15 is 0 Å². The van der Waals surface area contributed by atoms with Gasteiger partial charge in [-0.25, -0.2) is 0 Å². The van der Waals surface area contributed by atoms with E-state index in [1.165, 1.54) is 16.7 Å². The first-order chi connectivity index (χ1) is 6.18. The van der Waals surface area contributed by atoms with Crippen LogP contribution in [0.1, 0.15) is 29.7 Å². The van der Waals surface area contributed by atoms with Gasteiger partial charge in [0.1, 0.15) is 0 Å². The van der Waals surface area contributed by atoms with E-state index in [-0.39, 0.29) is 12.1 Å². The Morgan fingerprint density at radius 3 is 3.00 bits per heavy atom. The van der Waals surface area contributed by atoms with E-state index in [9.17, 15) is 0 Å². The van der Waals surface area contributed by atoms with Crippen LogP contribution in [0.25, 0.3) is 0 Å². The molecule has 0 saturated heterocycles. The summed E-state index contributed by atoms with van der Waals surface area (Å²) in [6, 6.07) is 6.41. The van der Waals surface area contributed by atoms with Crippen LogP contribution in [0, 0.1) is 6.92 Å². The van der Waals surface area contributed by atoms with Crippen molar-refractivity contribution in [3.8, 4) is 0 Å². The van der Waals surface area contributed by atoms with E-state index in [1.807, 2.05) is 6.92 Å². The summed E-state index contributed by atoms with van der Waals surface area (Å²) in [4.78, 5) is 0. The van der Waals surface area contributed by atoms with Crippen LogP contribution in [0.15, 0.2) is 18.2 Å². The summed E-state index contributed by atoms with van der Waals surface area (Å²) in [5.41, 5.74) is 9.78. The van der Waals surface area contributed by atoms with Gasteiger partial charge in [0, 0.05) is 0 Å². The van der Waals surface area contributed by atoms with Gasteiger partial charge in [0.25, 0.3) is 0 Å². The van der Waals surface area contributed by atoms with E-state index in [0.29, 0.717) is 6.61 Å². The number of rotatable bonds is 0. The van der Waals surface area contributed by atoms with Gasteiger partial charge in [-0.05, 0) is 25.0 Å². The maximum absolute atomic E-state index is 6.03. The normalized spacial score (nSPS) is 27.0. The summed E-state index contributed by atoms with van der Waals surface area (Å²) in [6.45, 7) is 4.81. The second-order valence-electron chi connectivity index (χ2n) is 3.74. The van der Waals surface area contributed by atoms with Crippen LogP contribution in [0.5, 0.6) is 0 Å². The molecule has 0 spiro atoms. The van der Waals surface area contributed by atoms with Gasteiger partial charge in [-0.1, -0.05) is 23.8 Å². The Hall–Kier alpha value is -0.860. The van der Waals surface area contributed by atoms with Gasteiger partial charge >= 0.3 is 0 Å². The van der Waals surface area contributed by atoms with Crippen LogP contribution in [0.4, 0.5) is 0 Å². The molecular formula is C11H15NO. The van der Waals surface area contributed by atoms with Gasteiger partial charge in [-0.15, -0.1) is 0 Å². The first-order valence-electron chi connectivity index (χ1n) is 4.65. The molecule has 0 fully saturated rings. The number of fused-ring (bicyclic) bond motifs is 1. The minimum absolute atomic E-state index is 0.0312. The average molecular weight is 177 g/mol. The van der Waals surface area contributed by atoms with Gasteiger partial charge in [0.05, 0.1) is 18.8 Å². The lowest BCUT2D eigenvalue weighted by molar-refractivity contribution is 0.0213. The highest BCUT2D eigenvalue weighted by molar-refractivity contribution is 5.35. The van der Waals surface area contributed by atoms with Gasteiger partial charge in [-0.3, -0.25) is 0 Å². The summed E-state index contributed by atoms with van der Waals surface area (Å²) in [5, 5.41) is 0. The molecule has 0 bridgehead atoms. The molecule has 1 aliphatic heterocycles. The highest BCUT2D eigenvalue weighted by Crippen LogP contribution is 2.27. The van der Waals surface area contributed by atoms with E-state index in [1.54, 1.807) is 0 Å². The van der Waals surface area contributed by atoms with Crippen LogP contribution in [0.2, 0.25) is 0 Å². The lowest BCUT2D eigenvalue weighted by Crippen LogP contribution is -2.31. The first kappa shape index (κ1) is 8.73. The molecule has 70 valence electrons. The zero-order chi connectivity index (χ0) is 9.42. The standard InChI is InChI=1S/C11H15NO/c1-7-3-4-9-6-13-8(2)11(12)10(9)5-7/h3-5,8,11H,6,12H2,1-2H3/t8-,11+/m0/s1. The largest absolute Gasteiger partial charge is 0.372 e. The number of hydrogen-bond acceptors (Lipinski definition) is 2. The summed E-state index contributed by atoms with van der Waals surface area (Å²) in [6.07, 6.45) is 0.134. The molecule has 2 atom stereocenters. The summed E-state index contributed by atoms with van der Waals surface area (Å²) < 4.78 is 5.53. The Morgan fingerprint density at radius 1 is 1.46 bits per heavy atom. The molecule has 0 unspecified atom stereocenters. The molecule has 0 aliphatic carbocycles. The highest BCUT2D eigenvalue weighted by Gasteiger charge is 2.23. The Kier molecular flexibility index (Phi) is 2.10. The third kappa shape index (κ3) is 1.47. The Morgan fingerprint density at radius 2 is 2.23 bits per heavy atom. The number of nitrogens with two attached hydrogens (primary N) is 1. The summed E-state index contributed by atoms with van der Waals surface area (Å²) >= 11 is 0. The molecule has 1 aliphatic rings. The Bertz CT molecular complexity index is 322. The van der Waals surface area contributed by atoms with Gasteiger partial charge < -0.3 is 10.5 Å². The third-order valence-corrected chi connectivity index (χ3v) is 2.67. The molecule has 13 heavy (non-hydrogen) atoms. The fraction of sp³-hybridized carbons (Fsp3) is 0.455. The zero-order valence-corrected chi connectivity index (χ0v) is 8.08. The maximum Gasteiger partial charge on any atom is 0.0744 e. The molecule has 2 nitrogen and oxygen atoms in total. The van der Waals surface area contributed by atoms with E-state index < -0.39 is 0 Å². The van der Waals surface area contributed by atoms with E-state index in [4.69, 9.17) is 10.5 Å². The van der Waals surface area contributed by atoms with Crippen molar-refractivity contribution in [1.29, 1.82) is 0 Å². The molecule has 1 aromatic carbocycles. The van der Waals surface area contributed by atoms with Crippen molar-refractivity contribution in [2.75, 3.05) is 0 Å². The Balaban J connectivity index is 2.45. The van der Waals surface area contributed by atoms with Gasteiger partial charge in [0.2, 0.25) is 0 Å². The number of benzene rings is 1. The van der Waals surface area contributed by atoms with Crippen LogP contribution in [-0.2, 0) is 11.3 Å². The van der Waals surface area contributed by atoms with Crippen LogP contribution < -0.4 is 5.73 Å². The smallest absolute Gasteiger partial charge is 0.0744 e. The SMILES string of the molecule is Cc1ccc2c(c1)[C@H](N)[C@H](C)OC2. The van der Waals surface area contributed by atoms with Crippen LogP contribution in [0.3, 0.4) is 0 Å². The van der Waals surface area contributed by atoms with Crippen molar-refractivity contribution in [2.45, 2.75) is 32.6 Å². The average Bonchev–Trinajstić information content (AvgIpc) is 2.12. The van der Waals surface area contributed by atoms with Crippen LogP contribution in [-0.4, -0.2) is 6.10 Å². The van der Waals surface area contributed by atoms with Crippen molar-refractivity contribution in [3.63, 3.8) is 0 Å². The first-order valence-corrected chi connectivity index (χ1v) is 4.65. The number of ether oxygens (including phenoxy) is 1. The molecule has 0 amide bonds. The lowest BCUT2D eigenvalue weighted by atomic mass is 9.94. The fourth-order valence-electron chi connectivity index (χ4n) is 1.73. The van der Waals surface area contributed by atoms with Crippen molar-refractivity contribution >= 4 is 0 Å². The van der Waals surface area contributed by atoms with Crippen molar-refractivity contribution in [1.82, 2.24) is 0 Å². The molecule has 2 heteroatoms. The highest BCUT2D eigenvalue weighted by atomic mass is 16.5. The molecule has 1 aromatic rings. The second-order valence-corrected chi connectivity index (χ2v) is 3.74. The summed E-state index contributed by atoms with van der Waals surface area (Å²) in [5.74, 6) is 0. The van der Waals surface area contributed by atoms with Gasteiger partial charge in [0.15, 0.2) is 0 Å². The second kappa shape index (κ2) is 3.13. The lowest BCUT2D eigenvalue weighted by Gasteiger charge is -2.29. The minimum atomic E-state index is 0.0312. The van der Waals surface area contributed by atoms with E-state index in [2.05, 4.69) is 25.1 Å². The minimum Gasteiger partial charge on any atom is -0.372 e. The summed E-state index contributed by atoms with van der Waals surface area (Å²) in [7, 11) is 0. The fourth-order valence-corrected chi connectivity index (χ4v) is 1.73. The number of hydrogen-bond donors (Lipinski definition) is 1. The predicted octanol–water partition coefficient (Wildman–Crippen LogP) is 1.91. The zero-order valence-electron chi connectivity index (χ0n) is 8.08. The Labute approximate surface area is 78.7 Å². The molecule has 1 heterocycles. The van der Waals surface area contributed by atoms with Crippen molar-refractivity contribution < 1.29 is 4.74 Å². The monoisotopic (exact) mass is 177 g/mol. The predicted molar refractivity (Wildman–Crippen MR) is 52.4 cm³/mol. The van der Waals surface area contributed by atoms with Crippen LogP contribution >= 0.6 is 0 Å². The molecular weight excluding hydrogens is 162 g/mol. The molecule has 0 saturated carbocycles. The third-order valence-electron chi connectivity index (χ3n) is 2.67. The quantitative estimate of drug-likeness (QED) is 0.657. The molecule has 0 aromatic heterocycles. The van der Waals surface area contributed by atoms with Crippen molar-refractivity contribution in [3.05, 3.63) is 34.9 Å². The number of aryl methyl sites for hydroxylation is 1. The maximum atomic E-state index is 6.03. The van der Waals surface area contributed by atoms with Crippen molar-refractivity contribution in [2.24, 2.45) is 5.73 Å². The van der Waals surface area contributed by atoms with Gasteiger partial charge in [-0.2, -0.15) is 0 Å². The van der Waals surface area contributed by atoms with E-state index in [0.717, 1.165) is 0 Å². The topological polar surface area (TPSA) is 35.2 Å². The molecule has 0 radical (unpaired) electrons. The molecule has 2 rings (SSSR count). The molecule has 2 N–H and O–H groups in total.